The van der Waals surface area contributed by atoms with Crippen LogP contribution in [-0.4, -0.2) is 28.4 Å². The molecule has 0 radical (unpaired) electrons. The highest BCUT2D eigenvalue weighted by Crippen LogP contribution is 2.61. The largest absolute Gasteiger partial charge is 0.264 e. The molecule has 0 saturated heterocycles. The number of hydrogen-bond donors (Lipinski definition) is 0. The Labute approximate surface area is 211 Å². The van der Waals surface area contributed by atoms with Gasteiger partial charge in [0.25, 0.3) is 0 Å². The van der Waals surface area contributed by atoms with Gasteiger partial charge in [-0.2, -0.15) is 0 Å². The first-order chi connectivity index (χ1) is 15.8. The van der Waals surface area contributed by atoms with Crippen LogP contribution in [0.5, 0.6) is 0 Å². The van der Waals surface area contributed by atoms with Crippen molar-refractivity contribution in [3.8, 4) is 0 Å². The molecule has 3 rings (SSSR count). The second-order valence-corrected chi connectivity index (χ2v) is 23.3. The third kappa shape index (κ3) is 7.06. The van der Waals surface area contributed by atoms with Gasteiger partial charge in [-0.3, -0.25) is 9.97 Å². The Balaban J connectivity index is 2.12. The second-order valence-electron chi connectivity index (χ2n) is 12.2. The summed E-state index contributed by atoms with van der Waals surface area (Å²) in [5, 5.41) is 4.81. The van der Waals surface area contributed by atoms with Crippen LogP contribution in [-0.2, 0) is 12.3 Å². The van der Waals surface area contributed by atoms with Crippen molar-refractivity contribution < 1.29 is 0 Å². The van der Waals surface area contributed by atoms with E-state index in [9.17, 15) is 0 Å². The van der Waals surface area contributed by atoms with Crippen molar-refractivity contribution >= 4 is 39.7 Å². The van der Waals surface area contributed by atoms with Crippen LogP contribution in [0.2, 0.25) is 19.6 Å². The summed E-state index contributed by atoms with van der Waals surface area (Å²) in [7, 11) is -2.21. The lowest BCUT2D eigenvalue weighted by atomic mass is 10.1. The maximum Gasteiger partial charge on any atom is 0.0776 e. The molecule has 0 saturated carbocycles. The van der Waals surface area contributed by atoms with E-state index in [1.807, 2.05) is 12.4 Å². The molecule has 2 heterocycles. The average Bonchev–Trinajstić information content (AvgIpc) is 2.75. The van der Waals surface area contributed by atoms with E-state index in [4.69, 9.17) is 0 Å². The van der Waals surface area contributed by atoms with E-state index in [1.165, 1.54) is 22.3 Å². The van der Waals surface area contributed by atoms with Crippen LogP contribution in [0.3, 0.4) is 0 Å². The van der Waals surface area contributed by atoms with Crippen molar-refractivity contribution in [1.82, 2.24) is 9.97 Å². The zero-order chi connectivity index (χ0) is 25.1. The summed E-state index contributed by atoms with van der Waals surface area (Å²) in [5.41, 5.74) is 3.07. The van der Waals surface area contributed by atoms with Crippen molar-refractivity contribution in [1.29, 1.82) is 0 Å². The number of benzene rings is 1. The highest BCUT2D eigenvalue weighted by Gasteiger charge is 2.35. The third-order valence-electron chi connectivity index (χ3n) is 6.26. The zero-order valence-electron chi connectivity index (χ0n) is 22.6. The highest BCUT2D eigenvalue weighted by atomic mass is 31.1. The van der Waals surface area contributed by atoms with Crippen molar-refractivity contribution in [3.05, 3.63) is 78.4 Å². The monoisotopic (exact) mass is 508 g/mol. The molecule has 2 nitrogen and oxygen atoms in total. The molecule has 182 valence electrons. The first-order valence-corrected chi connectivity index (χ1v) is 18.8. The first kappa shape index (κ1) is 27.2. The van der Waals surface area contributed by atoms with Crippen molar-refractivity contribution in [3.63, 3.8) is 0 Å². The van der Waals surface area contributed by atoms with Gasteiger partial charge in [0.2, 0.25) is 0 Å². The molecule has 0 atom stereocenters. The van der Waals surface area contributed by atoms with Gasteiger partial charge in [0, 0.05) is 30.9 Å². The van der Waals surface area contributed by atoms with Gasteiger partial charge in [0.1, 0.15) is 0 Å². The van der Waals surface area contributed by atoms with Crippen LogP contribution in [0.1, 0.15) is 52.7 Å². The molecule has 0 aliphatic rings. The Morgan fingerprint density at radius 2 is 1.24 bits per heavy atom. The van der Waals surface area contributed by atoms with Gasteiger partial charge in [-0.25, -0.2) is 0 Å². The van der Waals surface area contributed by atoms with E-state index in [0.717, 1.165) is 6.16 Å². The zero-order valence-corrected chi connectivity index (χ0v) is 25.3. The van der Waals surface area contributed by atoms with Crippen LogP contribution >= 0.6 is 15.8 Å². The molecule has 0 aliphatic carbocycles. The SMILES string of the molecule is CC(C)(C)P(Cc1ccc([Si](C)(C)C)cc1CP(c1cccnc1)c1cccnc1)C(C)(C)C. The smallest absolute Gasteiger partial charge is 0.0776 e. The fourth-order valence-corrected chi connectivity index (χ4v) is 11.6. The van der Waals surface area contributed by atoms with Gasteiger partial charge in [-0.05, 0) is 58.3 Å². The van der Waals surface area contributed by atoms with Gasteiger partial charge < -0.3 is 0 Å². The second kappa shape index (κ2) is 10.7. The molecule has 0 amide bonds. The van der Waals surface area contributed by atoms with Crippen LogP contribution in [0.15, 0.2) is 67.3 Å². The van der Waals surface area contributed by atoms with Gasteiger partial charge in [-0.15, -0.1) is 0 Å². The lowest BCUT2D eigenvalue weighted by Gasteiger charge is -2.42. The van der Waals surface area contributed by atoms with Crippen molar-refractivity contribution in [2.75, 3.05) is 0 Å². The van der Waals surface area contributed by atoms with Gasteiger partial charge in [0.15, 0.2) is 0 Å². The molecule has 0 N–H and O–H groups in total. The van der Waals surface area contributed by atoms with Gasteiger partial charge in [0.05, 0.1) is 8.07 Å². The molecular formula is C29H42N2P2Si. The summed E-state index contributed by atoms with van der Waals surface area (Å²) in [6.07, 6.45) is 10.1. The predicted octanol–water partition coefficient (Wildman–Crippen LogP) is 7.23. The van der Waals surface area contributed by atoms with Crippen LogP contribution in [0, 0.1) is 0 Å². The van der Waals surface area contributed by atoms with E-state index in [2.05, 4.69) is 126 Å². The number of rotatable bonds is 7. The summed E-state index contributed by atoms with van der Waals surface area (Å²) in [5.74, 6) is 0. The number of aromatic nitrogens is 2. The Hall–Kier alpha value is -1.40. The molecule has 0 aliphatic heterocycles. The fourth-order valence-electron chi connectivity index (χ4n) is 4.57. The van der Waals surface area contributed by atoms with Crippen molar-refractivity contribution in [2.24, 2.45) is 0 Å². The first-order valence-electron chi connectivity index (χ1n) is 12.2. The maximum absolute atomic E-state index is 4.47. The molecule has 34 heavy (non-hydrogen) atoms. The van der Waals surface area contributed by atoms with E-state index in [-0.39, 0.29) is 7.92 Å². The molecule has 0 fully saturated rings. The van der Waals surface area contributed by atoms with Crippen LogP contribution in [0.4, 0.5) is 0 Å². The van der Waals surface area contributed by atoms with Gasteiger partial charge in [-0.1, -0.05) is 105 Å². The minimum atomic E-state index is -1.42. The number of pyridine rings is 2. The Kier molecular flexibility index (Phi) is 8.55. The Bertz CT molecular complexity index is 1010. The molecule has 0 unspecified atom stereocenters. The molecule has 5 heteroatoms. The van der Waals surface area contributed by atoms with Crippen LogP contribution in [0.25, 0.3) is 0 Å². The van der Waals surface area contributed by atoms with Gasteiger partial charge >= 0.3 is 0 Å². The minimum Gasteiger partial charge on any atom is -0.264 e. The Morgan fingerprint density at radius 1 is 0.706 bits per heavy atom. The number of hydrogen-bond acceptors (Lipinski definition) is 2. The average molecular weight is 509 g/mol. The molecular weight excluding hydrogens is 466 g/mol. The standard InChI is InChI=1S/C29H42N2P2Si/c1-28(2,3)33(29(4,5)6)22-23-14-15-27(34(7,8)9)18-24(23)21-32(25-12-10-16-30-19-25)26-13-11-17-31-20-26/h10-20H,21-22H2,1-9H3. The van der Waals surface area contributed by atoms with E-state index < -0.39 is 16.0 Å². The molecule has 1 aromatic carbocycles. The van der Waals surface area contributed by atoms with Crippen LogP contribution < -0.4 is 15.8 Å². The quantitative estimate of drug-likeness (QED) is 0.248. The number of nitrogens with zero attached hydrogens (tertiary/aromatic N) is 2. The summed E-state index contributed by atoms with van der Waals surface area (Å²) < 4.78 is 0. The lowest BCUT2D eigenvalue weighted by molar-refractivity contribution is 0.702. The molecule has 3 aromatic rings. The fraction of sp³-hybridized carbons (Fsp3) is 0.448. The Morgan fingerprint density at radius 3 is 1.65 bits per heavy atom. The topological polar surface area (TPSA) is 25.8 Å². The molecule has 0 spiro atoms. The molecule has 0 bridgehead atoms. The third-order valence-corrected chi connectivity index (χ3v) is 14.6. The summed E-state index contributed by atoms with van der Waals surface area (Å²) in [6, 6.07) is 16.1. The van der Waals surface area contributed by atoms with E-state index in [1.54, 1.807) is 10.8 Å². The summed E-state index contributed by atoms with van der Waals surface area (Å²) >= 11 is 0. The van der Waals surface area contributed by atoms with Crippen molar-refractivity contribution in [2.45, 2.75) is 83.8 Å². The predicted molar refractivity (Wildman–Crippen MR) is 158 cm³/mol. The lowest BCUT2D eigenvalue weighted by Crippen LogP contribution is -2.38. The summed E-state index contributed by atoms with van der Waals surface area (Å²) in [4.78, 5) is 8.94. The van der Waals surface area contributed by atoms with E-state index in [0.29, 0.717) is 10.3 Å². The van der Waals surface area contributed by atoms with E-state index >= 15 is 0 Å². The minimum absolute atomic E-state index is 0.213. The normalized spacial score (nSPS) is 13.0. The summed E-state index contributed by atoms with van der Waals surface area (Å²) in [6.45, 7) is 21.9. The highest BCUT2D eigenvalue weighted by molar-refractivity contribution is 7.72. The molecule has 2 aromatic heterocycles. The maximum atomic E-state index is 4.47.